The second-order valence-corrected chi connectivity index (χ2v) is 5.24. The molecular formula is C17H18N2O. The predicted molar refractivity (Wildman–Crippen MR) is 82.2 cm³/mol. The molecule has 0 saturated heterocycles. The van der Waals surface area contributed by atoms with Gasteiger partial charge in [0.15, 0.2) is 0 Å². The molecule has 2 aromatic rings. The second-order valence-electron chi connectivity index (χ2n) is 5.24. The molecule has 1 aliphatic heterocycles. The van der Waals surface area contributed by atoms with Gasteiger partial charge in [-0.3, -0.25) is 4.79 Å². The molecule has 0 spiro atoms. The molecule has 0 saturated carbocycles. The van der Waals surface area contributed by atoms with E-state index in [0.717, 1.165) is 24.2 Å². The average molecular weight is 266 g/mol. The van der Waals surface area contributed by atoms with Crippen LogP contribution in [0.2, 0.25) is 0 Å². The van der Waals surface area contributed by atoms with E-state index in [1.54, 1.807) is 0 Å². The average Bonchev–Trinajstić information content (AvgIpc) is 2.49. The smallest absolute Gasteiger partial charge is 0.255 e. The molecule has 0 fully saturated rings. The largest absolute Gasteiger partial charge is 0.381 e. The van der Waals surface area contributed by atoms with E-state index < -0.39 is 0 Å². The Morgan fingerprint density at radius 1 is 1.15 bits per heavy atom. The van der Waals surface area contributed by atoms with Crippen molar-refractivity contribution in [2.75, 3.05) is 10.6 Å². The topological polar surface area (TPSA) is 41.1 Å². The van der Waals surface area contributed by atoms with Crippen molar-refractivity contribution in [3.05, 3.63) is 59.7 Å². The fraction of sp³-hybridized carbons (Fsp3) is 0.235. The number of fused-ring (bicyclic) bond motifs is 1. The summed E-state index contributed by atoms with van der Waals surface area (Å²) in [6.07, 6.45) is 2.18. The first-order chi connectivity index (χ1) is 9.74. The predicted octanol–water partition coefficient (Wildman–Crippen LogP) is 3.69. The molecule has 3 heteroatoms. The van der Waals surface area contributed by atoms with Crippen LogP contribution in [0.25, 0.3) is 0 Å². The molecule has 0 bridgehead atoms. The Labute approximate surface area is 119 Å². The second kappa shape index (κ2) is 5.37. The van der Waals surface area contributed by atoms with Gasteiger partial charge in [-0.05, 0) is 43.5 Å². The minimum absolute atomic E-state index is 0.0703. The van der Waals surface area contributed by atoms with Gasteiger partial charge in [0.05, 0.1) is 11.4 Å². The molecule has 1 unspecified atom stereocenters. The molecule has 1 atom stereocenters. The number of carbonyl (C=O) groups excluding carboxylic acids is 1. The quantitative estimate of drug-likeness (QED) is 0.870. The van der Waals surface area contributed by atoms with Crippen molar-refractivity contribution < 1.29 is 4.79 Å². The molecule has 1 heterocycles. The van der Waals surface area contributed by atoms with Crippen LogP contribution in [0, 0.1) is 0 Å². The Balaban J connectivity index is 1.87. The summed E-state index contributed by atoms with van der Waals surface area (Å²) in [7, 11) is 0. The van der Waals surface area contributed by atoms with Gasteiger partial charge >= 0.3 is 0 Å². The van der Waals surface area contributed by atoms with Crippen LogP contribution in [0.3, 0.4) is 0 Å². The SMILES string of the molecule is CC1CCc2cccc(NC(=O)c3ccccc3)c2N1. The van der Waals surface area contributed by atoms with Gasteiger partial charge in [-0.25, -0.2) is 0 Å². The maximum absolute atomic E-state index is 12.2. The van der Waals surface area contributed by atoms with Gasteiger partial charge < -0.3 is 10.6 Å². The van der Waals surface area contributed by atoms with Crippen LogP contribution in [0.15, 0.2) is 48.5 Å². The van der Waals surface area contributed by atoms with Crippen molar-refractivity contribution in [2.45, 2.75) is 25.8 Å². The third-order valence-electron chi connectivity index (χ3n) is 3.67. The summed E-state index contributed by atoms with van der Waals surface area (Å²) in [6, 6.07) is 15.8. The minimum atomic E-state index is -0.0703. The van der Waals surface area contributed by atoms with E-state index in [2.05, 4.69) is 23.6 Å². The van der Waals surface area contributed by atoms with Crippen LogP contribution in [0.5, 0.6) is 0 Å². The highest BCUT2D eigenvalue weighted by atomic mass is 16.1. The number of para-hydroxylation sites is 1. The van der Waals surface area contributed by atoms with E-state index >= 15 is 0 Å². The monoisotopic (exact) mass is 266 g/mol. The molecule has 20 heavy (non-hydrogen) atoms. The first kappa shape index (κ1) is 12.7. The van der Waals surface area contributed by atoms with Gasteiger partial charge in [-0.2, -0.15) is 0 Å². The fourth-order valence-corrected chi connectivity index (χ4v) is 2.56. The molecule has 1 aliphatic rings. The summed E-state index contributed by atoms with van der Waals surface area (Å²) in [6.45, 7) is 2.17. The maximum atomic E-state index is 12.2. The van der Waals surface area contributed by atoms with Gasteiger partial charge in [0.1, 0.15) is 0 Å². The molecule has 102 valence electrons. The van der Waals surface area contributed by atoms with E-state index in [1.807, 2.05) is 42.5 Å². The molecule has 0 radical (unpaired) electrons. The number of benzene rings is 2. The standard InChI is InChI=1S/C17H18N2O/c1-12-10-11-13-8-5-9-15(16(13)18-12)19-17(20)14-6-3-2-4-7-14/h2-9,12,18H,10-11H2,1H3,(H,19,20). The molecule has 1 amide bonds. The number of rotatable bonds is 2. The van der Waals surface area contributed by atoms with Crippen LogP contribution in [0.1, 0.15) is 29.3 Å². The van der Waals surface area contributed by atoms with Gasteiger partial charge in [0.25, 0.3) is 5.91 Å². The molecule has 2 aromatic carbocycles. The molecule has 2 N–H and O–H groups in total. The highest BCUT2D eigenvalue weighted by Crippen LogP contribution is 2.32. The van der Waals surface area contributed by atoms with Crippen LogP contribution in [0.4, 0.5) is 11.4 Å². The van der Waals surface area contributed by atoms with Gasteiger partial charge in [-0.1, -0.05) is 30.3 Å². The van der Waals surface area contributed by atoms with E-state index in [9.17, 15) is 4.79 Å². The lowest BCUT2D eigenvalue weighted by molar-refractivity contribution is 0.102. The zero-order valence-corrected chi connectivity index (χ0v) is 11.5. The van der Waals surface area contributed by atoms with E-state index in [1.165, 1.54) is 5.56 Å². The van der Waals surface area contributed by atoms with Crippen LogP contribution in [-0.4, -0.2) is 11.9 Å². The van der Waals surface area contributed by atoms with Crippen molar-refractivity contribution in [2.24, 2.45) is 0 Å². The number of amides is 1. The molecule has 3 nitrogen and oxygen atoms in total. The lowest BCUT2D eigenvalue weighted by Crippen LogP contribution is -2.24. The van der Waals surface area contributed by atoms with E-state index in [4.69, 9.17) is 0 Å². The first-order valence-corrected chi connectivity index (χ1v) is 6.99. The number of aryl methyl sites for hydroxylation is 1. The summed E-state index contributed by atoms with van der Waals surface area (Å²) in [4.78, 5) is 12.2. The zero-order valence-electron chi connectivity index (χ0n) is 11.5. The van der Waals surface area contributed by atoms with Gasteiger partial charge in [0.2, 0.25) is 0 Å². The number of nitrogens with one attached hydrogen (secondary N) is 2. The zero-order chi connectivity index (χ0) is 13.9. The van der Waals surface area contributed by atoms with Crippen LogP contribution in [-0.2, 0) is 6.42 Å². The molecule has 0 aliphatic carbocycles. The maximum Gasteiger partial charge on any atom is 0.255 e. The van der Waals surface area contributed by atoms with Crippen molar-refractivity contribution in [1.82, 2.24) is 0 Å². The van der Waals surface area contributed by atoms with Crippen molar-refractivity contribution in [1.29, 1.82) is 0 Å². The Morgan fingerprint density at radius 3 is 2.75 bits per heavy atom. The Morgan fingerprint density at radius 2 is 1.95 bits per heavy atom. The lowest BCUT2D eigenvalue weighted by atomic mass is 9.98. The Hall–Kier alpha value is -2.29. The summed E-state index contributed by atoms with van der Waals surface area (Å²) < 4.78 is 0. The summed E-state index contributed by atoms with van der Waals surface area (Å²) in [5.41, 5.74) is 3.88. The van der Waals surface area contributed by atoms with Crippen molar-refractivity contribution >= 4 is 17.3 Å². The Kier molecular flexibility index (Phi) is 3.42. The van der Waals surface area contributed by atoms with Crippen LogP contribution >= 0.6 is 0 Å². The lowest BCUT2D eigenvalue weighted by Gasteiger charge is -2.26. The van der Waals surface area contributed by atoms with Crippen molar-refractivity contribution in [3.63, 3.8) is 0 Å². The third kappa shape index (κ3) is 2.52. The highest BCUT2D eigenvalue weighted by molar-refractivity contribution is 6.06. The highest BCUT2D eigenvalue weighted by Gasteiger charge is 2.18. The van der Waals surface area contributed by atoms with E-state index in [0.29, 0.717) is 11.6 Å². The van der Waals surface area contributed by atoms with Gasteiger partial charge in [0, 0.05) is 11.6 Å². The summed E-state index contributed by atoms with van der Waals surface area (Å²) in [5.74, 6) is -0.0703. The number of anilines is 2. The minimum Gasteiger partial charge on any atom is -0.381 e. The number of hydrogen-bond acceptors (Lipinski definition) is 2. The van der Waals surface area contributed by atoms with Gasteiger partial charge in [-0.15, -0.1) is 0 Å². The molecule has 0 aromatic heterocycles. The van der Waals surface area contributed by atoms with Crippen molar-refractivity contribution in [3.8, 4) is 0 Å². The Bertz CT molecular complexity index is 622. The van der Waals surface area contributed by atoms with E-state index in [-0.39, 0.29) is 5.91 Å². The normalized spacial score (nSPS) is 16.9. The number of carbonyl (C=O) groups is 1. The summed E-state index contributed by atoms with van der Waals surface area (Å²) >= 11 is 0. The first-order valence-electron chi connectivity index (χ1n) is 6.99. The van der Waals surface area contributed by atoms with Crippen LogP contribution < -0.4 is 10.6 Å². The number of hydrogen-bond donors (Lipinski definition) is 2. The molecule has 3 rings (SSSR count). The molecular weight excluding hydrogens is 248 g/mol. The fourth-order valence-electron chi connectivity index (χ4n) is 2.56. The third-order valence-corrected chi connectivity index (χ3v) is 3.67. The summed E-state index contributed by atoms with van der Waals surface area (Å²) in [5, 5.41) is 6.48.